The zero-order valence-corrected chi connectivity index (χ0v) is 16.0. The molecule has 2 aliphatic heterocycles. The summed E-state index contributed by atoms with van der Waals surface area (Å²) in [5.41, 5.74) is 3.51. The van der Waals surface area contributed by atoms with Gasteiger partial charge in [0, 0.05) is 25.3 Å². The Morgan fingerprint density at radius 3 is 2.78 bits per heavy atom. The van der Waals surface area contributed by atoms with Crippen molar-refractivity contribution in [1.82, 2.24) is 14.9 Å². The second-order valence-electron chi connectivity index (χ2n) is 7.78. The van der Waals surface area contributed by atoms with E-state index in [1.807, 2.05) is 27.7 Å². The van der Waals surface area contributed by atoms with Gasteiger partial charge in [0.2, 0.25) is 0 Å². The fourth-order valence-corrected chi connectivity index (χ4v) is 3.94. The summed E-state index contributed by atoms with van der Waals surface area (Å²) in [5, 5.41) is 2.94. The van der Waals surface area contributed by atoms with Crippen molar-refractivity contribution in [3.8, 4) is 0 Å². The fourth-order valence-electron chi connectivity index (χ4n) is 3.94. The average Bonchev–Trinajstić information content (AvgIpc) is 3.27. The van der Waals surface area contributed by atoms with Crippen LogP contribution in [0, 0.1) is 5.92 Å². The van der Waals surface area contributed by atoms with E-state index < -0.39 is 0 Å². The molecule has 0 fully saturated rings. The first-order valence-electron chi connectivity index (χ1n) is 9.83. The third-order valence-electron chi connectivity index (χ3n) is 5.33. The van der Waals surface area contributed by atoms with Gasteiger partial charge in [0.05, 0.1) is 5.69 Å². The molecule has 0 saturated carbocycles. The van der Waals surface area contributed by atoms with E-state index >= 15 is 0 Å². The van der Waals surface area contributed by atoms with Crippen molar-refractivity contribution in [3.05, 3.63) is 47.0 Å². The van der Waals surface area contributed by atoms with E-state index in [4.69, 9.17) is 0 Å². The van der Waals surface area contributed by atoms with Crippen molar-refractivity contribution < 1.29 is 9.59 Å². The van der Waals surface area contributed by atoms with Gasteiger partial charge in [-0.3, -0.25) is 9.59 Å². The van der Waals surface area contributed by atoms with Gasteiger partial charge in [-0.1, -0.05) is 32.0 Å². The quantitative estimate of drug-likeness (QED) is 0.905. The van der Waals surface area contributed by atoms with Crippen LogP contribution in [0.1, 0.15) is 59.1 Å². The zero-order valence-electron chi connectivity index (χ0n) is 16.0. The third kappa shape index (κ3) is 3.24. The number of benzene rings is 1. The normalized spacial score (nSPS) is 15.6. The standard InChI is InChI=1S/C21H26N4O2/c1-14(2)13-22-20(26)19-23-18(17-9-5-6-11-24(17)19)21(27)25-12-10-15-7-3-4-8-16(15)25/h3-4,7-8,14H,5-6,9-13H2,1-2H3,(H,22,26). The number of hydrogen-bond donors (Lipinski definition) is 1. The van der Waals surface area contributed by atoms with E-state index in [0.29, 0.717) is 30.5 Å². The Labute approximate surface area is 159 Å². The molecule has 0 radical (unpaired) electrons. The van der Waals surface area contributed by atoms with Gasteiger partial charge in [-0.25, -0.2) is 4.98 Å². The van der Waals surface area contributed by atoms with Crippen LogP contribution in [0.5, 0.6) is 0 Å². The SMILES string of the molecule is CC(C)CNC(=O)c1nc(C(=O)N2CCc3ccccc32)c2n1CCCC2. The molecule has 3 heterocycles. The molecule has 2 amide bonds. The molecule has 2 aliphatic rings. The maximum absolute atomic E-state index is 13.3. The van der Waals surface area contributed by atoms with Gasteiger partial charge in [-0.2, -0.15) is 0 Å². The number of anilines is 1. The van der Waals surface area contributed by atoms with E-state index in [1.54, 1.807) is 0 Å². The summed E-state index contributed by atoms with van der Waals surface area (Å²) in [7, 11) is 0. The van der Waals surface area contributed by atoms with Gasteiger partial charge >= 0.3 is 0 Å². The first kappa shape index (κ1) is 17.8. The van der Waals surface area contributed by atoms with Crippen LogP contribution >= 0.6 is 0 Å². The summed E-state index contributed by atoms with van der Waals surface area (Å²) in [6.07, 6.45) is 3.68. The smallest absolute Gasteiger partial charge is 0.287 e. The van der Waals surface area contributed by atoms with Crippen molar-refractivity contribution in [1.29, 1.82) is 0 Å². The summed E-state index contributed by atoms with van der Waals surface area (Å²) >= 11 is 0. The largest absolute Gasteiger partial charge is 0.349 e. The zero-order chi connectivity index (χ0) is 19.0. The summed E-state index contributed by atoms with van der Waals surface area (Å²) in [6.45, 7) is 6.13. The summed E-state index contributed by atoms with van der Waals surface area (Å²) in [4.78, 5) is 32.3. The number of nitrogens with one attached hydrogen (secondary N) is 1. The summed E-state index contributed by atoms with van der Waals surface area (Å²) < 4.78 is 1.95. The molecular formula is C21H26N4O2. The van der Waals surface area contributed by atoms with Gasteiger partial charge in [0.15, 0.2) is 11.5 Å². The summed E-state index contributed by atoms with van der Waals surface area (Å²) in [5.74, 6) is 0.467. The molecule has 4 rings (SSSR count). The van der Waals surface area contributed by atoms with E-state index in [1.165, 1.54) is 5.56 Å². The Morgan fingerprint density at radius 2 is 1.96 bits per heavy atom. The molecule has 27 heavy (non-hydrogen) atoms. The molecule has 6 nitrogen and oxygen atoms in total. The number of aromatic nitrogens is 2. The maximum Gasteiger partial charge on any atom is 0.287 e. The van der Waals surface area contributed by atoms with E-state index in [0.717, 1.165) is 43.6 Å². The number of carbonyl (C=O) groups is 2. The molecule has 1 N–H and O–H groups in total. The Balaban J connectivity index is 1.67. The highest BCUT2D eigenvalue weighted by Gasteiger charge is 2.32. The van der Waals surface area contributed by atoms with Crippen molar-refractivity contribution in [3.63, 3.8) is 0 Å². The fraction of sp³-hybridized carbons (Fsp3) is 0.476. The molecular weight excluding hydrogens is 340 g/mol. The van der Waals surface area contributed by atoms with Gasteiger partial charge in [-0.15, -0.1) is 0 Å². The number of fused-ring (bicyclic) bond motifs is 2. The Kier molecular flexibility index (Phi) is 4.72. The number of nitrogens with zero attached hydrogens (tertiary/aromatic N) is 3. The molecule has 0 saturated heterocycles. The lowest BCUT2D eigenvalue weighted by molar-refractivity contribution is 0.0933. The van der Waals surface area contributed by atoms with Crippen LogP contribution in [0.15, 0.2) is 24.3 Å². The molecule has 1 aromatic carbocycles. The second kappa shape index (κ2) is 7.18. The lowest BCUT2D eigenvalue weighted by Gasteiger charge is -2.19. The Bertz CT molecular complexity index is 884. The van der Waals surface area contributed by atoms with Crippen LogP contribution in [0.25, 0.3) is 0 Å². The molecule has 0 aliphatic carbocycles. The number of imidazole rings is 1. The highest BCUT2D eigenvalue weighted by molar-refractivity contribution is 6.07. The van der Waals surface area contributed by atoms with E-state index in [-0.39, 0.29) is 11.8 Å². The highest BCUT2D eigenvalue weighted by atomic mass is 16.2. The van der Waals surface area contributed by atoms with Gasteiger partial charge in [0.25, 0.3) is 11.8 Å². The van der Waals surface area contributed by atoms with Crippen LogP contribution in [0.2, 0.25) is 0 Å². The second-order valence-corrected chi connectivity index (χ2v) is 7.78. The Hall–Kier alpha value is -2.63. The number of para-hydroxylation sites is 1. The first-order valence-corrected chi connectivity index (χ1v) is 9.83. The average molecular weight is 366 g/mol. The van der Waals surface area contributed by atoms with Crippen LogP contribution in [0.4, 0.5) is 5.69 Å². The van der Waals surface area contributed by atoms with Crippen molar-refractivity contribution in [2.75, 3.05) is 18.0 Å². The molecule has 142 valence electrons. The van der Waals surface area contributed by atoms with Crippen LogP contribution in [0.3, 0.4) is 0 Å². The van der Waals surface area contributed by atoms with Crippen LogP contribution < -0.4 is 10.2 Å². The molecule has 0 spiro atoms. The van der Waals surface area contributed by atoms with Crippen molar-refractivity contribution in [2.45, 2.75) is 46.1 Å². The van der Waals surface area contributed by atoms with E-state index in [2.05, 4.69) is 30.2 Å². The predicted octanol–water partition coefficient (Wildman–Crippen LogP) is 2.81. The minimum absolute atomic E-state index is 0.0893. The van der Waals surface area contributed by atoms with Crippen molar-refractivity contribution >= 4 is 17.5 Å². The minimum atomic E-state index is -0.187. The Morgan fingerprint density at radius 1 is 1.15 bits per heavy atom. The number of carbonyl (C=O) groups excluding carboxylic acids is 2. The van der Waals surface area contributed by atoms with Crippen molar-refractivity contribution in [2.24, 2.45) is 5.92 Å². The molecule has 0 unspecified atom stereocenters. The molecule has 6 heteroatoms. The van der Waals surface area contributed by atoms with E-state index in [9.17, 15) is 9.59 Å². The van der Waals surface area contributed by atoms with Gasteiger partial charge in [-0.05, 0) is 43.2 Å². The molecule has 2 aromatic rings. The number of hydrogen-bond acceptors (Lipinski definition) is 3. The minimum Gasteiger partial charge on any atom is -0.349 e. The van der Waals surface area contributed by atoms with Gasteiger partial charge in [0.1, 0.15) is 0 Å². The molecule has 0 bridgehead atoms. The predicted molar refractivity (Wildman–Crippen MR) is 104 cm³/mol. The molecule has 0 atom stereocenters. The van der Waals surface area contributed by atoms with Crippen LogP contribution in [-0.2, 0) is 19.4 Å². The third-order valence-corrected chi connectivity index (χ3v) is 5.33. The number of amides is 2. The highest BCUT2D eigenvalue weighted by Crippen LogP contribution is 2.30. The van der Waals surface area contributed by atoms with Gasteiger partial charge < -0.3 is 14.8 Å². The lowest BCUT2D eigenvalue weighted by Crippen LogP contribution is -2.30. The summed E-state index contributed by atoms with van der Waals surface area (Å²) in [6, 6.07) is 8.01. The monoisotopic (exact) mass is 366 g/mol. The maximum atomic E-state index is 13.3. The van der Waals surface area contributed by atoms with Crippen LogP contribution in [-0.4, -0.2) is 34.5 Å². The first-order chi connectivity index (χ1) is 13.1. The lowest BCUT2D eigenvalue weighted by atomic mass is 10.1. The molecule has 1 aromatic heterocycles. The number of rotatable bonds is 4. The topological polar surface area (TPSA) is 67.2 Å².